The van der Waals surface area contributed by atoms with E-state index in [1.54, 1.807) is 11.8 Å². The van der Waals surface area contributed by atoms with Crippen LogP contribution in [0.3, 0.4) is 0 Å². The normalized spacial score (nSPS) is 11.7. The van der Waals surface area contributed by atoms with Crippen molar-refractivity contribution in [1.29, 1.82) is 0 Å². The van der Waals surface area contributed by atoms with E-state index in [2.05, 4.69) is 10.4 Å². The molecule has 1 atom stereocenters. The van der Waals surface area contributed by atoms with Gasteiger partial charge in [0, 0.05) is 23.6 Å². The summed E-state index contributed by atoms with van der Waals surface area (Å²) in [7, 11) is 0. The predicted molar refractivity (Wildman–Crippen MR) is 115 cm³/mol. The second-order valence-electron chi connectivity index (χ2n) is 6.48. The molecule has 3 rings (SSSR count). The van der Waals surface area contributed by atoms with E-state index < -0.39 is 11.9 Å². The van der Waals surface area contributed by atoms with Crippen molar-refractivity contribution < 1.29 is 13.9 Å². The number of carbonyl (C=O) groups excluding carboxylic acids is 1. The molecule has 0 bridgehead atoms. The number of thioether (sulfide) groups is 1. The second-order valence-corrected chi connectivity index (χ2v) is 7.36. The summed E-state index contributed by atoms with van der Waals surface area (Å²) in [5, 5.41) is 7.02. The van der Waals surface area contributed by atoms with Gasteiger partial charge < -0.3 is 10.1 Å². The lowest BCUT2D eigenvalue weighted by molar-refractivity contribution is -0.128. The number of amides is 1. The lowest BCUT2D eigenvalue weighted by atomic mass is 10.2. The number of nitrogens with one attached hydrogen (secondary N) is 1. The van der Waals surface area contributed by atoms with Crippen molar-refractivity contribution in [3.63, 3.8) is 0 Å². The minimum absolute atomic E-state index is 0.130. The van der Waals surface area contributed by atoms with Crippen molar-refractivity contribution in [3.8, 4) is 11.6 Å². The van der Waals surface area contributed by atoms with Crippen molar-refractivity contribution in [2.75, 3.05) is 6.26 Å². The summed E-state index contributed by atoms with van der Waals surface area (Å²) in [4.78, 5) is 25.8. The monoisotopic (exact) mass is 427 g/mol. The number of hydrogen-bond donors (Lipinski definition) is 1. The van der Waals surface area contributed by atoms with E-state index in [4.69, 9.17) is 4.74 Å². The maximum atomic E-state index is 13.1. The maximum Gasteiger partial charge on any atom is 0.271 e. The van der Waals surface area contributed by atoms with Crippen molar-refractivity contribution >= 4 is 17.7 Å². The highest BCUT2D eigenvalue weighted by molar-refractivity contribution is 7.98. The summed E-state index contributed by atoms with van der Waals surface area (Å²) < 4.78 is 20.0. The molecule has 0 radical (unpaired) electrons. The van der Waals surface area contributed by atoms with Gasteiger partial charge in [-0.2, -0.15) is 4.68 Å². The van der Waals surface area contributed by atoms with Crippen LogP contribution in [0, 0.1) is 5.82 Å². The van der Waals surface area contributed by atoms with E-state index in [0.717, 1.165) is 15.1 Å². The first-order valence-electron chi connectivity index (χ1n) is 9.43. The van der Waals surface area contributed by atoms with Gasteiger partial charge in [0.05, 0.1) is 5.69 Å². The molecule has 30 heavy (non-hydrogen) atoms. The summed E-state index contributed by atoms with van der Waals surface area (Å²) in [6, 6.07) is 16.0. The van der Waals surface area contributed by atoms with Crippen LogP contribution in [0.4, 0.5) is 4.39 Å². The number of hydrogen-bond acceptors (Lipinski definition) is 5. The van der Waals surface area contributed by atoms with Crippen LogP contribution in [0.1, 0.15) is 18.9 Å². The van der Waals surface area contributed by atoms with Gasteiger partial charge in [-0.25, -0.2) is 4.39 Å². The quantitative estimate of drug-likeness (QED) is 0.557. The fourth-order valence-electron chi connectivity index (χ4n) is 2.74. The van der Waals surface area contributed by atoms with Crippen LogP contribution in [-0.4, -0.2) is 28.0 Å². The van der Waals surface area contributed by atoms with E-state index in [1.165, 1.54) is 36.4 Å². The summed E-state index contributed by atoms with van der Waals surface area (Å²) in [6.07, 6.45) is 1.67. The minimum Gasteiger partial charge on any atom is -0.463 e. The molecule has 6 nitrogen and oxygen atoms in total. The molecule has 0 aliphatic heterocycles. The molecule has 0 saturated carbocycles. The maximum absolute atomic E-state index is 13.1. The standard InChI is InChI=1S/C22H22FN3O3S/c1-3-19(22(28)24-14-15-4-10-18(30-2)11-5-15)29-20-12-13-21(27)26(25-20)17-8-6-16(23)7-9-17/h4-13,19H,3,14H2,1-2H3,(H,24,28). The summed E-state index contributed by atoms with van der Waals surface area (Å²) in [6.45, 7) is 2.21. The number of ether oxygens (including phenoxy) is 1. The van der Waals surface area contributed by atoms with Gasteiger partial charge in [0.15, 0.2) is 6.10 Å². The van der Waals surface area contributed by atoms with Gasteiger partial charge >= 0.3 is 0 Å². The number of aromatic nitrogens is 2. The average Bonchev–Trinajstić information content (AvgIpc) is 2.78. The lowest BCUT2D eigenvalue weighted by Gasteiger charge is -2.17. The summed E-state index contributed by atoms with van der Waals surface area (Å²) in [5.74, 6) is -0.553. The molecular weight excluding hydrogens is 405 g/mol. The Balaban J connectivity index is 1.68. The molecule has 8 heteroatoms. The molecule has 1 unspecified atom stereocenters. The first-order chi connectivity index (χ1) is 14.5. The topological polar surface area (TPSA) is 73.2 Å². The molecule has 1 N–H and O–H groups in total. The molecule has 1 amide bonds. The fourth-order valence-corrected chi connectivity index (χ4v) is 3.15. The van der Waals surface area contributed by atoms with Gasteiger partial charge in [-0.15, -0.1) is 16.9 Å². The van der Waals surface area contributed by atoms with E-state index in [-0.39, 0.29) is 17.3 Å². The minimum atomic E-state index is -0.762. The smallest absolute Gasteiger partial charge is 0.271 e. The highest BCUT2D eigenvalue weighted by Crippen LogP contribution is 2.15. The average molecular weight is 428 g/mol. The van der Waals surface area contributed by atoms with Crippen LogP contribution in [0.15, 0.2) is 70.4 Å². The molecule has 156 valence electrons. The van der Waals surface area contributed by atoms with Crippen molar-refractivity contribution in [3.05, 3.63) is 82.4 Å². The largest absolute Gasteiger partial charge is 0.463 e. The van der Waals surface area contributed by atoms with Crippen molar-refractivity contribution in [2.45, 2.75) is 30.9 Å². The number of halogens is 1. The Morgan fingerprint density at radius 2 is 1.83 bits per heavy atom. The molecule has 1 heterocycles. The van der Waals surface area contributed by atoms with Gasteiger partial charge in [0.25, 0.3) is 11.5 Å². The molecule has 2 aromatic carbocycles. The third kappa shape index (κ3) is 5.48. The lowest BCUT2D eigenvalue weighted by Crippen LogP contribution is -2.38. The zero-order chi connectivity index (χ0) is 21.5. The van der Waals surface area contributed by atoms with Gasteiger partial charge in [0.2, 0.25) is 5.88 Å². The number of rotatable bonds is 8. The number of carbonyl (C=O) groups is 1. The Labute approximate surface area is 178 Å². The van der Waals surface area contributed by atoms with E-state index >= 15 is 0 Å². The van der Waals surface area contributed by atoms with Crippen LogP contribution >= 0.6 is 11.8 Å². The predicted octanol–water partition coefficient (Wildman–Crippen LogP) is 3.57. The van der Waals surface area contributed by atoms with Crippen molar-refractivity contribution in [2.24, 2.45) is 0 Å². The third-order valence-corrected chi connectivity index (χ3v) is 5.14. The Kier molecular flexibility index (Phi) is 7.24. The number of benzene rings is 2. The molecule has 0 spiro atoms. The SMILES string of the molecule is CCC(Oc1ccc(=O)n(-c2ccc(F)cc2)n1)C(=O)NCc1ccc(SC)cc1. The fraction of sp³-hybridized carbons (Fsp3) is 0.227. The summed E-state index contributed by atoms with van der Waals surface area (Å²) >= 11 is 1.66. The van der Waals surface area contributed by atoms with Crippen LogP contribution in [0.25, 0.3) is 5.69 Å². The van der Waals surface area contributed by atoms with Crippen LogP contribution < -0.4 is 15.6 Å². The molecule has 0 fully saturated rings. The zero-order valence-electron chi connectivity index (χ0n) is 16.7. The third-order valence-electron chi connectivity index (χ3n) is 4.40. The summed E-state index contributed by atoms with van der Waals surface area (Å²) in [5.41, 5.74) is 0.997. The Morgan fingerprint density at radius 1 is 1.13 bits per heavy atom. The molecular formula is C22H22FN3O3S. The van der Waals surface area contributed by atoms with Gasteiger partial charge in [0.1, 0.15) is 5.82 Å². The van der Waals surface area contributed by atoms with Gasteiger partial charge in [-0.1, -0.05) is 19.1 Å². The highest BCUT2D eigenvalue weighted by Gasteiger charge is 2.19. The first kappa shape index (κ1) is 21.6. The molecule has 1 aromatic heterocycles. The van der Waals surface area contributed by atoms with Gasteiger partial charge in [-0.05, 0) is 54.6 Å². The Bertz CT molecular complexity index is 1050. The van der Waals surface area contributed by atoms with E-state index in [0.29, 0.717) is 18.7 Å². The van der Waals surface area contributed by atoms with Gasteiger partial charge in [-0.3, -0.25) is 9.59 Å². The second kappa shape index (κ2) is 10.1. The zero-order valence-corrected chi connectivity index (χ0v) is 17.5. The Morgan fingerprint density at radius 3 is 2.47 bits per heavy atom. The number of nitrogens with zero attached hydrogens (tertiary/aromatic N) is 2. The molecule has 0 aliphatic carbocycles. The van der Waals surface area contributed by atoms with Crippen LogP contribution in [0.5, 0.6) is 5.88 Å². The van der Waals surface area contributed by atoms with Crippen LogP contribution in [-0.2, 0) is 11.3 Å². The van der Waals surface area contributed by atoms with E-state index in [1.807, 2.05) is 37.4 Å². The molecule has 0 aliphatic rings. The molecule has 0 saturated heterocycles. The van der Waals surface area contributed by atoms with Crippen LogP contribution in [0.2, 0.25) is 0 Å². The van der Waals surface area contributed by atoms with Crippen molar-refractivity contribution in [1.82, 2.24) is 15.1 Å². The first-order valence-corrected chi connectivity index (χ1v) is 10.7. The van der Waals surface area contributed by atoms with E-state index in [9.17, 15) is 14.0 Å². The molecule has 3 aromatic rings. The highest BCUT2D eigenvalue weighted by atomic mass is 32.2. The Hall–Kier alpha value is -3.13.